The highest BCUT2D eigenvalue weighted by Crippen LogP contribution is 2.24. The van der Waals surface area contributed by atoms with Gasteiger partial charge in [-0.25, -0.2) is 4.79 Å². The van der Waals surface area contributed by atoms with Gasteiger partial charge in [-0.05, 0) is 49.7 Å². The molecule has 1 aromatic rings. The number of benzene rings is 1. The molecule has 0 radical (unpaired) electrons. The predicted molar refractivity (Wildman–Crippen MR) is 86.6 cm³/mol. The van der Waals surface area contributed by atoms with E-state index >= 15 is 0 Å². The van der Waals surface area contributed by atoms with Gasteiger partial charge < -0.3 is 10.1 Å². The number of rotatable bonds is 5. The summed E-state index contributed by atoms with van der Waals surface area (Å²) in [5.74, 6) is 0.566. The van der Waals surface area contributed by atoms with Gasteiger partial charge in [0.15, 0.2) is 0 Å². The predicted octanol–water partition coefficient (Wildman–Crippen LogP) is 2.98. The second-order valence-electron chi connectivity index (χ2n) is 5.40. The highest BCUT2D eigenvalue weighted by Gasteiger charge is 2.20. The molecule has 1 aliphatic rings. The van der Waals surface area contributed by atoms with Gasteiger partial charge in [0, 0.05) is 18.0 Å². The van der Waals surface area contributed by atoms with Crippen molar-refractivity contribution < 1.29 is 9.53 Å². The molecule has 4 nitrogen and oxygen atoms in total. The van der Waals surface area contributed by atoms with Crippen LogP contribution in [0.3, 0.4) is 0 Å². The Morgan fingerprint density at radius 2 is 2.10 bits per heavy atom. The molecule has 116 valence electrons. The summed E-state index contributed by atoms with van der Waals surface area (Å²) in [4.78, 5) is 15.0. The summed E-state index contributed by atoms with van der Waals surface area (Å²) in [5, 5.41) is 2.80. The van der Waals surface area contributed by atoms with Crippen LogP contribution in [0.5, 0.6) is 0 Å². The topological polar surface area (TPSA) is 41.6 Å². The Bertz CT molecular complexity index is 459. The Hall–Kier alpha value is -1.20. The largest absolute Gasteiger partial charge is 0.453 e. The minimum absolute atomic E-state index is 0.327. The molecule has 21 heavy (non-hydrogen) atoms. The average molecular weight is 308 g/mol. The Balaban J connectivity index is 1.77. The second kappa shape index (κ2) is 8.29. The lowest BCUT2D eigenvalue weighted by Gasteiger charge is -2.32. The van der Waals surface area contributed by atoms with Crippen molar-refractivity contribution in [1.29, 1.82) is 0 Å². The summed E-state index contributed by atoms with van der Waals surface area (Å²) in [6.45, 7) is 3.93. The molecule has 1 aromatic carbocycles. The Morgan fingerprint density at radius 1 is 1.38 bits per heavy atom. The summed E-state index contributed by atoms with van der Waals surface area (Å²) >= 11 is 1.81. The molecule has 1 fully saturated rings. The maximum atomic E-state index is 11.1. The molecule has 0 aliphatic carbocycles. The molecule has 0 saturated carbocycles. The number of carbonyl (C=O) groups excluding carboxylic acids is 1. The summed E-state index contributed by atoms with van der Waals surface area (Å²) < 4.78 is 4.60. The number of ether oxygens (including phenoxy) is 1. The highest BCUT2D eigenvalue weighted by molar-refractivity contribution is 7.98. The van der Waals surface area contributed by atoms with Crippen molar-refractivity contribution in [1.82, 2.24) is 10.2 Å². The van der Waals surface area contributed by atoms with Crippen molar-refractivity contribution in [2.75, 3.05) is 33.0 Å². The minimum Gasteiger partial charge on any atom is -0.453 e. The van der Waals surface area contributed by atoms with Gasteiger partial charge in [-0.15, -0.1) is 11.8 Å². The average Bonchev–Trinajstić information content (AvgIpc) is 2.54. The first-order chi connectivity index (χ1) is 10.2. The lowest BCUT2D eigenvalue weighted by molar-refractivity contribution is 0.155. The van der Waals surface area contributed by atoms with Gasteiger partial charge in [0.2, 0.25) is 0 Å². The maximum absolute atomic E-state index is 11.1. The maximum Gasteiger partial charge on any atom is 0.406 e. The van der Waals surface area contributed by atoms with Gasteiger partial charge in [-0.3, -0.25) is 4.90 Å². The molecule has 1 amide bonds. The van der Waals surface area contributed by atoms with Gasteiger partial charge in [-0.2, -0.15) is 0 Å². The molecule has 1 N–H and O–H groups in total. The molecule has 0 atom stereocenters. The molecule has 0 aromatic heterocycles. The quantitative estimate of drug-likeness (QED) is 0.849. The van der Waals surface area contributed by atoms with Crippen LogP contribution in [-0.2, 0) is 11.3 Å². The van der Waals surface area contributed by atoms with Crippen LogP contribution >= 0.6 is 11.8 Å². The van der Waals surface area contributed by atoms with Crippen molar-refractivity contribution in [2.45, 2.75) is 24.3 Å². The van der Waals surface area contributed by atoms with Crippen molar-refractivity contribution in [3.63, 3.8) is 0 Å². The van der Waals surface area contributed by atoms with Crippen LogP contribution in [0.4, 0.5) is 4.79 Å². The number of methoxy groups -OCH3 is 1. The second-order valence-corrected chi connectivity index (χ2v) is 6.25. The number of alkyl carbamates (subject to hydrolysis) is 1. The summed E-state index contributed by atoms with van der Waals surface area (Å²) in [5.41, 5.74) is 1.41. The number of hydrogen-bond donors (Lipinski definition) is 1. The van der Waals surface area contributed by atoms with Crippen LogP contribution in [-0.4, -0.2) is 44.0 Å². The van der Waals surface area contributed by atoms with E-state index in [-0.39, 0.29) is 6.09 Å². The summed E-state index contributed by atoms with van der Waals surface area (Å²) in [6.07, 6.45) is 4.06. The SMILES string of the molecule is COC(=O)NCC1CCN(Cc2ccccc2SC)CC1. The zero-order chi connectivity index (χ0) is 15.1. The molecule has 2 rings (SSSR count). The number of likely N-dealkylation sites (tertiary alicyclic amines) is 1. The number of piperidine rings is 1. The van der Waals surface area contributed by atoms with E-state index in [4.69, 9.17) is 0 Å². The first kappa shape index (κ1) is 16.2. The Morgan fingerprint density at radius 3 is 2.76 bits per heavy atom. The van der Waals surface area contributed by atoms with Crippen LogP contribution in [0, 0.1) is 5.92 Å². The van der Waals surface area contributed by atoms with E-state index in [9.17, 15) is 4.79 Å². The van der Waals surface area contributed by atoms with E-state index in [1.54, 1.807) is 0 Å². The molecule has 1 heterocycles. The fourth-order valence-corrected chi connectivity index (χ4v) is 3.33. The van der Waals surface area contributed by atoms with Crippen LogP contribution in [0.15, 0.2) is 29.2 Å². The van der Waals surface area contributed by atoms with Crippen molar-refractivity contribution in [3.8, 4) is 0 Å². The van der Waals surface area contributed by atoms with Gasteiger partial charge in [0.05, 0.1) is 7.11 Å². The third-order valence-corrected chi connectivity index (χ3v) is 4.85. The fraction of sp³-hybridized carbons (Fsp3) is 0.562. The number of thioether (sulfide) groups is 1. The van der Waals surface area contributed by atoms with Crippen molar-refractivity contribution in [3.05, 3.63) is 29.8 Å². The molecule has 0 bridgehead atoms. The number of amides is 1. The zero-order valence-electron chi connectivity index (χ0n) is 12.8. The normalized spacial score (nSPS) is 16.7. The number of nitrogens with zero attached hydrogens (tertiary/aromatic N) is 1. The first-order valence-corrected chi connectivity index (χ1v) is 8.61. The van der Waals surface area contributed by atoms with Crippen molar-refractivity contribution >= 4 is 17.9 Å². The first-order valence-electron chi connectivity index (χ1n) is 7.39. The Labute approximate surface area is 131 Å². The summed E-state index contributed by atoms with van der Waals surface area (Å²) in [6, 6.07) is 8.62. The van der Waals surface area contributed by atoms with E-state index in [1.807, 2.05) is 11.8 Å². The van der Waals surface area contributed by atoms with Crippen LogP contribution in [0.25, 0.3) is 0 Å². The number of nitrogens with one attached hydrogen (secondary N) is 1. The summed E-state index contributed by atoms with van der Waals surface area (Å²) in [7, 11) is 1.40. The molecular formula is C16H24N2O2S. The van der Waals surface area contributed by atoms with Crippen LogP contribution in [0.1, 0.15) is 18.4 Å². The molecule has 0 spiro atoms. The van der Waals surface area contributed by atoms with Crippen LogP contribution in [0.2, 0.25) is 0 Å². The van der Waals surface area contributed by atoms with Gasteiger partial charge in [0.25, 0.3) is 0 Å². The zero-order valence-corrected chi connectivity index (χ0v) is 13.6. The Kier molecular flexibility index (Phi) is 6.39. The fourth-order valence-electron chi connectivity index (χ4n) is 2.72. The highest BCUT2D eigenvalue weighted by atomic mass is 32.2. The molecule has 5 heteroatoms. The molecule has 1 saturated heterocycles. The van der Waals surface area contributed by atoms with E-state index in [0.717, 1.165) is 39.0 Å². The molecular weight excluding hydrogens is 284 g/mol. The minimum atomic E-state index is -0.327. The smallest absolute Gasteiger partial charge is 0.406 e. The lowest BCUT2D eigenvalue weighted by atomic mass is 9.96. The van der Waals surface area contributed by atoms with E-state index in [1.165, 1.54) is 17.6 Å². The third kappa shape index (κ3) is 4.93. The molecule has 0 unspecified atom stereocenters. The van der Waals surface area contributed by atoms with E-state index in [2.05, 4.69) is 45.5 Å². The number of carbonyl (C=O) groups is 1. The van der Waals surface area contributed by atoms with Gasteiger partial charge >= 0.3 is 6.09 Å². The monoisotopic (exact) mass is 308 g/mol. The lowest BCUT2D eigenvalue weighted by Crippen LogP contribution is -2.38. The van der Waals surface area contributed by atoms with Crippen LogP contribution < -0.4 is 5.32 Å². The standard InChI is InChI=1S/C16H24N2O2S/c1-20-16(19)17-11-13-7-9-18(10-8-13)12-14-5-3-4-6-15(14)21-2/h3-6,13H,7-12H2,1-2H3,(H,17,19). The van der Waals surface area contributed by atoms with Gasteiger partial charge in [-0.1, -0.05) is 18.2 Å². The van der Waals surface area contributed by atoms with Gasteiger partial charge in [0.1, 0.15) is 0 Å². The molecule has 1 aliphatic heterocycles. The number of hydrogen-bond acceptors (Lipinski definition) is 4. The third-order valence-electron chi connectivity index (χ3n) is 4.01. The van der Waals surface area contributed by atoms with Crippen molar-refractivity contribution in [2.24, 2.45) is 5.92 Å². The van der Waals surface area contributed by atoms with E-state index < -0.39 is 0 Å². The van der Waals surface area contributed by atoms with E-state index in [0.29, 0.717) is 5.92 Å².